The first-order valence-corrected chi connectivity index (χ1v) is 8.95. The number of ether oxygens (including phenoxy) is 1. The van der Waals surface area contributed by atoms with Gasteiger partial charge >= 0.3 is 6.61 Å². The first kappa shape index (κ1) is 22.9. The number of hydrogen-bond acceptors (Lipinski definition) is 3. The van der Waals surface area contributed by atoms with Gasteiger partial charge in [-0.15, -0.1) is 24.0 Å². The first-order chi connectivity index (χ1) is 12.2. The Kier molecular flexibility index (Phi) is 11.5. The molecule has 1 aliphatic heterocycles. The van der Waals surface area contributed by atoms with Crippen LogP contribution in [0.2, 0.25) is 0 Å². The summed E-state index contributed by atoms with van der Waals surface area (Å²) >= 11 is 0. The fraction of sp³-hybridized carbons (Fsp3) is 0.611. The van der Waals surface area contributed by atoms with E-state index in [1.54, 1.807) is 12.1 Å². The van der Waals surface area contributed by atoms with E-state index in [-0.39, 0.29) is 29.7 Å². The van der Waals surface area contributed by atoms with Gasteiger partial charge in [0.15, 0.2) is 5.96 Å². The number of guanidine groups is 1. The summed E-state index contributed by atoms with van der Waals surface area (Å²) in [5, 5.41) is 6.54. The Labute approximate surface area is 171 Å². The lowest BCUT2D eigenvalue weighted by Crippen LogP contribution is -2.42. The van der Waals surface area contributed by atoms with Crippen LogP contribution in [0.3, 0.4) is 0 Å². The third kappa shape index (κ3) is 8.98. The molecule has 0 bridgehead atoms. The number of halogens is 3. The predicted octanol–water partition coefficient (Wildman–Crippen LogP) is 3.45. The molecular formula is C18H29F2IN4O. The summed E-state index contributed by atoms with van der Waals surface area (Å²) in [4.78, 5) is 6.98. The van der Waals surface area contributed by atoms with Crippen molar-refractivity contribution in [1.82, 2.24) is 15.5 Å². The van der Waals surface area contributed by atoms with Crippen molar-refractivity contribution in [2.45, 2.75) is 39.3 Å². The molecule has 0 saturated carbocycles. The third-order valence-electron chi connectivity index (χ3n) is 4.06. The molecule has 148 valence electrons. The molecule has 1 aliphatic rings. The molecule has 5 nitrogen and oxygen atoms in total. The Morgan fingerprint density at radius 2 is 2.00 bits per heavy atom. The number of aliphatic imine (C=N–C) groups is 1. The first-order valence-electron chi connectivity index (χ1n) is 8.95. The van der Waals surface area contributed by atoms with Gasteiger partial charge in [-0.1, -0.05) is 18.6 Å². The highest BCUT2D eigenvalue weighted by Crippen LogP contribution is 2.16. The van der Waals surface area contributed by atoms with Crippen LogP contribution in [0.1, 0.15) is 31.7 Å². The van der Waals surface area contributed by atoms with Gasteiger partial charge in [-0.05, 0) is 50.6 Å². The number of nitrogens with zero attached hydrogens (tertiary/aromatic N) is 2. The second-order valence-corrected chi connectivity index (χ2v) is 6.05. The molecule has 1 saturated heterocycles. The van der Waals surface area contributed by atoms with E-state index in [1.165, 1.54) is 38.4 Å². The molecule has 0 unspecified atom stereocenters. The summed E-state index contributed by atoms with van der Waals surface area (Å²) in [5.74, 6) is 0.894. The number of piperidine rings is 1. The SMILES string of the molecule is CCNC(=NCc1cccc(OC(F)F)c1)NCCN1CCCCC1.I. The van der Waals surface area contributed by atoms with Gasteiger partial charge in [-0.2, -0.15) is 8.78 Å². The molecule has 1 aromatic carbocycles. The van der Waals surface area contributed by atoms with Gasteiger partial charge in [0.25, 0.3) is 0 Å². The minimum Gasteiger partial charge on any atom is -0.435 e. The molecule has 0 aliphatic carbocycles. The summed E-state index contributed by atoms with van der Waals surface area (Å²) in [6.45, 7) is 4.55. The maximum absolute atomic E-state index is 12.3. The molecule has 1 heterocycles. The van der Waals surface area contributed by atoms with Crippen molar-refractivity contribution >= 4 is 29.9 Å². The lowest BCUT2D eigenvalue weighted by Gasteiger charge is -2.26. The van der Waals surface area contributed by atoms with Gasteiger partial charge in [0, 0.05) is 19.6 Å². The number of likely N-dealkylation sites (tertiary alicyclic amines) is 1. The van der Waals surface area contributed by atoms with E-state index in [4.69, 9.17) is 0 Å². The second kappa shape index (κ2) is 13.1. The third-order valence-corrected chi connectivity index (χ3v) is 4.06. The van der Waals surface area contributed by atoms with Crippen LogP contribution in [-0.4, -0.2) is 50.2 Å². The average molecular weight is 482 g/mol. The van der Waals surface area contributed by atoms with Crippen molar-refractivity contribution in [1.29, 1.82) is 0 Å². The molecule has 26 heavy (non-hydrogen) atoms. The summed E-state index contributed by atoms with van der Waals surface area (Å²) < 4.78 is 29.0. The van der Waals surface area contributed by atoms with Crippen molar-refractivity contribution < 1.29 is 13.5 Å². The van der Waals surface area contributed by atoms with E-state index in [0.717, 1.165) is 31.2 Å². The van der Waals surface area contributed by atoms with Gasteiger partial charge in [-0.25, -0.2) is 4.99 Å². The van der Waals surface area contributed by atoms with Crippen molar-refractivity contribution in [2.75, 3.05) is 32.7 Å². The highest BCUT2D eigenvalue weighted by Gasteiger charge is 2.09. The Morgan fingerprint density at radius 1 is 1.23 bits per heavy atom. The molecule has 2 N–H and O–H groups in total. The second-order valence-electron chi connectivity index (χ2n) is 6.05. The highest BCUT2D eigenvalue weighted by molar-refractivity contribution is 14.0. The summed E-state index contributed by atoms with van der Waals surface area (Å²) in [7, 11) is 0. The topological polar surface area (TPSA) is 48.9 Å². The minimum atomic E-state index is -2.81. The van der Waals surface area contributed by atoms with Crippen LogP contribution in [0.4, 0.5) is 8.78 Å². The monoisotopic (exact) mass is 482 g/mol. The van der Waals surface area contributed by atoms with Crippen LogP contribution in [0.25, 0.3) is 0 Å². The van der Waals surface area contributed by atoms with Gasteiger partial charge in [0.1, 0.15) is 5.75 Å². The van der Waals surface area contributed by atoms with Gasteiger partial charge in [0.2, 0.25) is 0 Å². The number of rotatable bonds is 8. The molecular weight excluding hydrogens is 453 g/mol. The molecule has 0 radical (unpaired) electrons. The summed E-state index contributed by atoms with van der Waals surface area (Å²) in [6, 6.07) is 6.65. The summed E-state index contributed by atoms with van der Waals surface area (Å²) in [5.41, 5.74) is 0.825. The van der Waals surface area contributed by atoms with Gasteiger partial charge < -0.3 is 20.3 Å². The molecule has 2 rings (SSSR count). The molecule has 1 aromatic rings. The predicted molar refractivity (Wildman–Crippen MR) is 112 cm³/mol. The number of alkyl halides is 2. The smallest absolute Gasteiger partial charge is 0.387 e. The quantitative estimate of drug-likeness (QED) is 0.339. The van der Waals surface area contributed by atoms with Crippen molar-refractivity contribution in [2.24, 2.45) is 4.99 Å². The minimum absolute atomic E-state index is 0. The zero-order valence-electron chi connectivity index (χ0n) is 15.2. The van der Waals surface area contributed by atoms with E-state index in [1.807, 2.05) is 13.0 Å². The Hall–Kier alpha value is -1.16. The fourth-order valence-electron chi connectivity index (χ4n) is 2.85. The van der Waals surface area contributed by atoms with Crippen LogP contribution in [-0.2, 0) is 6.54 Å². The van der Waals surface area contributed by atoms with Crippen molar-refractivity contribution in [3.05, 3.63) is 29.8 Å². The van der Waals surface area contributed by atoms with E-state index >= 15 is 0 Å². The molecule has 0 amide bonds. The van der Waals surface area contributed by atoms with Crippen LogP contribution >= 0.6 is 24.0 Å². The van der Waals surface area contributed by atoms with E-state index in [0.29, 0.717) is 6.54 Å². The van der Waals surface area contributed by atoms with E-state index in [9.17, 15) is 8.78 Å². The zero-order chi connectivity index (χ0) is 17.9. The maximum Gasteiger partial charge on any atom is 0.387 e. The Morgan fingerprint density at radius 3 is 2.69 bits per heavy atom. The largest absolute Gasteiger partial charge is 0.435 e. The van der Waals surface area contributed by atoms with Crippen LogP contribution in [0.5, 0.6) is 5.75 Å². The van der Waals surface area contributed by atoms with E-state index in [2.05, 4.69) is 25.3 Å². The zero-order valence-corrected chi connectivity index (χ0v) is 17.5. The van der Waals surface area contributed by atoms with Crippen LogP contribution in [0.15, 0.2) is 29.3 Å². The van der Waals surface area contributed by atoms with Crippen molar-refractivity contribution in [3.8, 4) is 5.75 Å². The number of hydrogen-bond donors (Lipinski definition) is 2. The Balaban J connectivity index is 0.00000338. The van der Waals surface area contributed by atoms with E-state index < -0.39 is 6.61 Å². The highest BCUT2D eigenvalue weighted by atomic mass is 127. The fourth-order valence-corrected chi connectivity index (χ4v) is 2.85. The molecule has 8 heteroatoms. The Bertz CT molecular complexity index is 540. The van der Waals surface area contributed by atoms with Crippen molar-refractivity contribution in [3.63, 3.8) is 0 Å². The molecule has 0 aromatic heterocycles. The summed E-state index contributed by atoms with van der Waals surface area (Å²) in [6.07, 6.45) is 3.90. The normalized spacial score (nSPS) is 15.5. The number of benzene rings is 1. The van der Waals surface area contributed by atoms with Crippen LogP contribution < -0.4 is 15.4 Å². The molecule has 0 spiro atoms. The maximum atomic E-state index is 12.3. The standard InChI is InChI=1S/C18H28F2N4O.HI/c1-2-21-18(22-9-12-24-10-4-3-5-11-24)23-14-15-7-6-8-16(13-15)25-17(19)20;/h6-8,13,17H,2-5,9-12,14H2,1H3,(H2,21,22,23);1H. The lowest BCUT2D eigenvalue weighted by molar-refractivity contribution is -0.0498. The molecule has 0 atom stereocenters. The lowest BCUT2D eigenvalue weighted by atomic mass is 10.1. The average Bonchev–Trinajstić information content (AvgIpc) is 2.60. The van der Waals surface area contributed by atoms with Gasteiger partial charge in [0.05, 0.1) is 6.54 Å². The number of nitrogens with one attached hydrogen (secondary N) is 2. The van der Waals surface area contributed by atoms with Crippen LogP contribution in [0, 0.1) is 0 Å². The van der Waals surface area contributed by atoms with Gasteiger partial charge in [-0.3, -0.25) is 0 Å². The molecule has 1 fully saturated rings.